The van der Waals surface area contributed by atoms with Crippen molar-refractivity contribution in [2.45, 2.75) is 26.3 Å². The van der Waals surface area contributed by atoms with Crippen LogP contribution in [-0.2, 0) is 19.4 Å². The van der Waals surface area contributed by atoms with Crippen LogP contribution in [0, 0.1) is 0 Å². The van der Waals surface area contributed by atoms with Gasteiger partial charge in [0, 0.05) is 45.8 Å². The number of fused-ring (bicyclic) bond motifs is 1. The Morgan fingerprint density at radius 1 is 1.14 bits per heavy atom. The maximum Gasteiger partial charge on any atom is 0.253 e. The van der Waals surface area contributed by atoms with Crippen LogP contribution in [0.1, 0.15) is 34.0 Å². The number of carbonyl (C=O) groups excluding carboxylic acids is 1. The average Bonchev–Trinajstić information content (AvgIpc) is 2.72. The van der Waals surface area contributed by atoms with Gasteiger partial charge >= 0.3 is 0 Å². The van der Waals surface area contributed by atoms with E-state index in [1.165, 1.54) is 11.1 Å². The number of nitrogens with one attached hydrogen (secondary N) is 1. The zero-order chi connectivity index (χ0) is 19.9. The van der Waals surface area contributed by atoms with E-state index in [-0.39, 0.29) is 5.91 Å². The second-order valence-corrected chi connectivity index (χ2v) is 7.33. The minimum absolute atomic E-state index is 0.0330. The first-order valence-corrected chi connectivity index (χ1v) is 9.99. The summed E-state index contributed by atoms with van der Waals surface area (Å²) in [4.78, 5) is 20.9. The number of amides is 1. The Hall–Kier alpha value is -2.82. The zero-order valence-electron chi connectivity index (χ0n) is 17.1. The smallest absolute Gasteiger partial charge is 0.253 e. The number of nitrogens with zero attached hydrogens (tertiary/aromatic N) is 3. The fourth-order valence-corrected chi connectivity index (χ4v) is 3.51. The van der Waals surface area contributed by atoms with Crippen molar-refractivity contribution in [1.29, 1.82) is 0 Å². The van der Waals surface area contributed by atoms with Crippen LogP contribution in [0.2, 0.25) is 0 Å². The summed E-state index contributed by atoms with van der Waals surface area (Å²) in [5, 5.41) is 3.43. The largest absolute Gasteiger partial charge is 0.357 e. The summed E-state index contributed by atoms with van der Waals surface area (Å²) in [5.74, 6) is 1.00. The molecule has 0 saturated carbocycles. The van der Waals surface area contributed by atoms with Gasteiger partial charge in [0.15, 0.2) is 5.96 Å². The summed E-state index contributed by atoms with van der Waals surface area (Å²) in [6.07, 6.45) is 1.86. The van der Waals surface area contributed by atoms with Crippen molar-refractivity contribution in [1.82, 2.24) is 15.1 Å². The van der Waals surface area contributed by atoms with Gasteiger partial charge in [-0.25, -0.2) is 0 Å². The summed E-state index contributed by atoms with van der Waals surface area (Å²) in [7, 11) is 3.55. The van der Waals surface area contributed by atoms with E-state index >= 15 is 0 Å². The quantitative estimate of drug-likeness (QED) is 0.643. The van der Waals surface area contributed by atoms with Crippen LogP contribution < -0.4 is 5.32 Å². The number of benzene rings is 2. The minimum Gasteiger partial charge on any atom is -0.357 e. The molecule has 1 amide bonds. The molecule has 2 aromatic rings. The molecule has 28 heavy (non-hydrogen) atoms. The molecule has 1 N–H and O–H groups in total. The second-order valence-electron chi connectivity index (χ2n) is 7.33. The van der Waals surface area contributed by atoms with Crippen LogP contribution in [0.25, 0.3) is 0 Å². The summed E-state index contributed by atoms with van der Waals surface area (Å²) < 4.78 is 0. The van der Waals surface area contributed by atoms with Gasteiger partial charge in [-0.2, -0.15) is 0 Å². The topological polar surface area (TPSA) is 47.9 Å². The Bertz CT molecular complexity index is 844. The highest BCUT2D eigenvalue weighted by atomic mass is 16.2. The van der Waals surface area contributed by atoms with E-state index in [0.717, 1.165) is 49.6 Å². The van der Waals surface area contributed by atoms with Crippen molar-refractivity contribution in [3.05, 3.63) is 70.8 Å². The molecule has 0 bridgehead atoms. The van der Waals surface area contributed by atoms with E-state index in [1.807, 2.05) is 18.2 Å². The molecule has 0 aromatic heterocycles. The summed E-state index contributed by atoms with van der Waals surface area (Å²) in [5.41, 5.74) is 4.69. The molecule has 148 valence electrons. The van der Waals surface area contributed by atoms with E-state index in [1.54, 1.807) is 19.0 Å². The van der Waals surface area contributed by atoms with Gasteiger partial charge in [-0.05, 0) is 48.6 Å². The Labute approximate surface area is 168 Å². The first kappa shape index (κ1) is 19.9. The molecule has 1 aliphatic heterocycles. The lowest BCUT2D eigenvalue weighted by Gasteiger charge is -2.31. The molecule has 0 aliphatic carbocycles. The molecule has 0 atom stereocenters. The van der Waals surface area contributed by atoms with Gasteiger partial charge in [0.05, 0.1) is 0 Å². The number of guanidine groups is 1. The molecule has 0 unspecified atom stereocenters. The van der Waals surface area contributed by atoms with E-state index in [9.17, 15) is 4.79 Å². The molecule has 1 heterocycles. The first-order valence-electron chi connectivity index (χ1n) is 9.99. The van der Waals surface area contributed by atoms with Crippen molar-refractivity contribution >= 4 is 11.9 Å². The van der Waals surface area contributed by atoms with E-state index < -0.39 is 0 Å². The first-order chi connectivity index (χ1) is 13.6. The zero-order valence-corrected chi connectivity index (χ0v) is 17.1. The fraction of sp³-hybridized carbons (Fsp3) is 0.391. The van der Waals surface area contributed by atoms with Gasteiger partial charge in [0.1, 0.15) is 0 Å². The molecule has 5 nitrogen and oxygen atoms in total. The molecule has 3 rings (SSSR count). The SMILES string of the molecule is CCNC(=NCCc1cccc(C(=O)N(C)C)c1)N1CCc2ccccc2C1. The summed E-state index contributed by atoms with van der Waals surface area (Å²) in [6.45, 7) is 5.53. The molecular weight excluding hydrogens is 348 g/mol. The van der Waals surface area contributed by atoms with Crippen LogP contribution in [-0.4, -0.2) is 55.4 Å². The van der Waals surface area contributed by atoms with Gasteiger partial charge in [0.25, 0.3) is 5.91 Å². The average molecular weight is 379 g/mol. The highest BCUT2D eigenvalue weighted by molar-refractivity contribution is 5.94. The predicted octanol–water partition coefficient (Wildman–Crippen LogP) is 2.95. The standard InChI is InChI=1S/C23H30N4O/c1-4-24-23(27-15-13-19-9-5-6-10-21(19)17-27)25-14-12-18-8-7-11-20(16-18)22(28)26(2)3/h5-11,16H,4,12-15,17H2,1-3H3,(H,24,25). The maximum atomic E-state index is 12.2. The van der Waals surface area contributed by atoms with Gasteiger partial charge in [-0.15, -0.1) is 0 Å². The Kier molecular flexibility index (Phi) is 6.69. The van der Waals surface area contributed by atoms with Gasteiger partial charge in [-0.1, -0.05) is 36.4 Å². The molecule has 5 heteroatoms. The third-order valence-electron chi connectivity index (χ3n) is 5.01. The number of hydrogen-bond donors (Lipinski definition) is 1. The molecule has 0 spiro atoms. The van der Waals surface area contributed by atoms with Crippen molar-refractivity contribution in [2.75, 3.05) is 33.7 Å². The third kappa shape index (κ3) is 4.91. The lowest BCUT2D eigenvalue weighted by atomic mass is 10.0. The van der Waals surface area contributed by atoms with E-state index in [0.29, 0.717) is 6.54 Å². The van der Waals surface area contributed by atoms with Crippen molar-refractivity contribution in [3.8, 4) is 0 Å². The van der Waals surface area contributed by atoms with Crippen LogP contribution in [0.4, 0.5) is 0 Å². The minimum atomic E-state index is 0.0330. The lowest BCUT2D eigenvalue weighted by molar-refractivity contribution is 0.0827. The molecule has 1 aliphatic rings. The normalized spacial score (nSPS) is 13.8. The second kappa shape index (κ2) is 9.40. The monoisotopic (exact) mass is 378 g/mol. The molecular formula is C23H30N4O. The molecule has 0 fully saturated rings. The Morgan fingerprint density at radius 3 is 2.68 bits per heavy atom. The van der Waals surface area contributed by atoms with Crippen LogP contribution in [0.15, 0.2) is 53.5 Å². The van der Waals surface area contributed by atoms with Gasteiger partial charge in [0.2, 0.25) is 0 Å². The molecule has 0 radical (unpaired) electrons. The number of aliphatic imine (C=N–C) groups is 1. The Balaban J connectivity index is 1.66. The van der Waals surface area contributed by atoms with Crippen molar-refractivity contribution in [2.24, 2.45) is 4.99 Å². The van der Waals surface area contributed by atoms with Crippen LogP contribution >= 0.6 is 0 Å². The van der Waals surface area contributed by atoms with Crippen molar-refractivity contribution < 1.29 is 4.79 Å². The third-order valence-corrected chi connectivity index (χ3v) is 5.01. The molecule has 0 saturated heterocycles. The number of carbonyl (C=O) groups is 1. The summed E-state index contributed by atoms with van der Waals surface area (Å²) >= 11 is 0. The highest BCUT2D eigenvalue weighted by Crippen LogP contribution is 2.18. The van der Waals surface area contributed by atoms with Crippen LogP contribution in [0.5, 0.6) is 0 Å². The van der Waals surface area contributed by atoms with E-state index in [4.69, 9.17) is 4.99 Å². The van der Waals surface area contributed by atoms with E-state index in [2.05, 4.69) is 47.5 Å². The van der Waals surface area contributed by atoms with Gasteiger partial charge in [-0.3, -0.25) is 9.79 Å². The highest BCUT2D eigenvalue weighted by Gasteiger charge is 2.18. The lowest BCUT2D eigenvalue weighted by Crippen LogP contribution is -2.44. The molecule has 2 aromatic carbocycles. The number of rotatable bonds is 5. The number of hydrogen-bond acceptors (Lipinski definition) is 2. The van der Waals surface area contributed by atoms with Crippen molar-refractivity contribution in [3.63, 3.8) is 0 Å². The van der Waals surface area contributed by atoms with Gasteiger partial charge < -0.3 is 15.1 Å². The Morgan fingerprint density at radius 2 is 1.93 bits per heavy atom. The predicted molar refractivity (Wildman–Crippen MR) is 115 cm³/mol. The summed E-state index contributed by atoms with van der Waals surface area (Å²) in [6, 6.07) is 16.5. The fourth-order valence-electron chi connectivity index (χ4n) is 3.51. The maximum absolute atomic E-state index is 12.2. The van der Waals surface area contributed by atoms with Crippen LogP contribution in [0.3, 0.4) is 0 Å².